The van der Waals surface area contributed by atoms with Gasteiger partial charge in [-0.25, -0.2) is 27.7 Å². The maximum Gasteiger partial charge on any atom is 0.401 e. The van der Waals surface area contributed by atoms with Gasteiger partial charge in [-0.15, -0.1) is 69.6 Å². The lowest BCUT2D eigenvalue weighted by Crippen LogP contribution is -2.54. The Kier molecular flexibility index (Phi) is 49.3. The zero-order chi connectivity index (χ0) is 110. The summed E-state index contributed by atoms with van der Waals surface area (Å²) in [6.45, 7) is 56.8. The molecule has 50 heteroatoms. The summed E-state index contributed by atoms with van der Waals surface area (Å²) in [6, 6.07) is 0. The van der Waals surface area contributed by atoms with Crippen molar-refractivity contribution in [1.29, 1.82) is 0 Å². The van der Waals surface area contributed by atoms with E-state index in [4.69, 9.17) is 186 Å². The number of cyclic esters (lactones) is 2. The molecule has 13 rings (SSSR count). The van der Waals surface area contributed by atoms with E-state index >= 15 is 0 Å². The maximum atomic E-state index is 12.0. The summed E-state index contributed by atoms with van der Waals surface area (Å²) in [5.74, 6) is -6.19. The van der Waals surface area contributed by atoms with Gasteiger partial charge in [-0.3, -0.25) is 19.0 Å². The molecule has 0 amide bonds. The number of aldehydes is 1. The molecule has 11 aliphatic rings. The Morgan fingerprint density at radius 3 is 1.37 bits per heavy atom. The average molecular weight is 2280 g/mol. The Morgan fingerprint density at radius 1 is 0.580 bits per heavy atom. The van der Waals surface area contributed by atoms with Crippen LogP contribution < -0.4 is 5.73 Å². The highest BCUT2D eigenvalue weighted by molar-refractivity contribution is 9.09. The van der Waals surface area contributed by atoms with Crippen LogP contribution in [0, 0.1) is 23.7 Å². The number of nitrogens with zero attached hydrogens (tertiary/aromatic N) is 4. The third-order valence-corrected chi connectivity index (χ3v) is 30.9. The van der Waals surface area contributed by atoms with Crippen LogP contribution >= 0.6 is 97.1 Å². The maximum absolute atomic E-state index is 12.0. The number of nitrogens with two attached hydrogens (primary N) is 1. The van der Waals surface area contributed by atoms with E-state index in [9.17, 15) is 67.5 Å². The molecule has 0 aliphatic carbocycles. The second-order valence-electron chi connectivity index (χ2n) is 39.1. The molecule has 13 heterocycles. The number of fused-ring (bicyclic) bond motifs is 1. The molecule has 0 aromatic carbocycles. The topological polar surface area (TPSA) is 538 Å². The molecule has 1 unspecified atom stereocenters. The van der Waals surface area contributed by atoms with Crippen LogP contribution in [0.15, 0.2) is 18.0 Å². The van der Waals surface area contributed by atoms with Crippen molar-refractivity contribution in [2.45, 2.75) is 413 Å². The predicted molar refractivity (Wildman–Crippen MR) is 530 cm³/mol. The van der Waals surface area contributed by atoms with E-state index < -0.39 is 161 Å². The molecule has 0 radical (unpaired) electrons. The smallest absolute Gasteiger partial charge is 0.401 e. The lowest BCUT2D eigenvalue weighted by Gasteiger charge is -2.30. The van der Waals surface area contributed by atoms with Gasteiger partial charge in [0.1, 0.15) is 76.4 Å². The van der Waals surface area contributed by atoms with Crippen LogP contribution in [-0.2, 0) is 142 Å². The second-order valence-corrected chi connectivity index (χ2v) is 46.2. The van der Waals surface area contributed by atoms with Gasteiger partial charge in [0.05, 0.1) is 105 Å². The Morgan fingerprint density at radius 2 is 1.01 bits per heavy atom. The molecule has 0 bridgehead atoms. The first-order valence-electron chi connectivity index (χ1n) is 47.4. The van der Waals surface area contributed by atoms with Crippen molar-refractivity contribution < 1.29 is 171 Å². The van der Waals surface area contributed by atoms with Gasteiger partial charge in [-0.2, -0.15) is 18.4 Å². The first-order valence-corrected chi connectivity index (χ1v) is 52.3. The fraction of sp³-hybridized carbons (Fsp3) is 0.849. The Hall–Kier alpha value is -3.80. The highest BCUT2D eigenvalue weighted by atomic mass is 79.9. The first kappa shape index (κ1) is 131. The molecule has 2 aromatic heterocycles. The fourth-order valence-electron chi connectivity index (χ4n) is 15.6. The summed E-state index contributed by atoms with van der Waals surface area (Å²) in [5, 5.41) is 57.4. The Bertz CT molecular complexity index is 4480. The third-order valence-electron chi connectivity index (χ3n) is 25.3. The van der Waals surface area contributed by atoms with Crippen molar-refractivity contribution >= 4 is 167 Å². The van der Waals surface area contributed by atoms with E-state index in [1.165, 1.54) is 27.7 Å². The van der Waals surface area contributed by atoms with Crippen molar-refractivity contribution in [3.05, 3.63) is 23.1 Å². The second kappa shape index (κ2) is 53.7. The van der Waals surface area contributed by atoms with Crippen LogP contribution in [0.2, 0.25) is 5.15 Å². The molecule has 143 heavy (non-hydrogen) atoms. The average Bonchev–Trinajstić information content (AvgIpc) is 1.59. The van der Waals surface area contributed by atoms with Gasteiger partial charge in [-0.1, -0.05) is 82.9 Å². The van der Waals surface area contributed by atoms with Crippen LogP contribution in [0.25, 0.3) is 11.2 Å². The van der Waals surface area contributed by atoms with Gasteiger partial charge < -0.3 is 131 Å². The van der Waals surface area contributed by atoms with E-state index in [1.807, 2.05) is 62.3 Å². The van der Waals surface area contributed by atoms with E-state index in [2.05, 4.69) is 63.3 Å². The minimum atomic E-state index is -4.28. The van der Waals surface area contributed by atoms with Crippen LogP contribution in [0.4, 0.5) is 5.95 Å². The molecule has 11 fully saturated rings. The number of nitrogen functional groups attached to an aromatic ring is 1. The molecule has 41 nitrogen and oxygen atoms in total. The van der Waals surface area contributed by atoms with Crippen molar-refractivity contribution in [2.24, 2.45) is 23.7 Å². The number of aliphatic hydroxyl groups is 6. The molecule has 2 aromatic rings. The van der Waals surface area contributed by atoms with Crippen LogP contribution in [0.1, 0.15) is 247 Å². The molecule has 0 saturated carbocycles. The van der Waals surface area contributed by atoms with Gasteiger partial charge in [0.25, 0.3) is 0 Å². The SMILES string of the molecule is CC1(C)OC[C@H](C=O)O1.CCOC(=O)/C(C)=C/[C@H]1COC(C)(C)O1.CCOC(=O)[C@@](C)(Cl)[C@H](O)[C@H]1COC(C)(C)O1.CCOC(=O)[C@@](C)(O)[C@H](O)[C@H]1COC(C)(C)O1.CCOC(=O)[C@@]1(C)OS(=O)(=O)O[C@@H]1[C@H]1COC(C)(C)O1.CC[C@H]1OC(=O)[C@](C)(Cl)[C@@H]1C.CC[C@H]1OC(O)[C@](C)(Cl)[C@@H]1C.CC[C@H]1O[C@H](Br)[C@](C)(Cl)[C@@H]1C.CC[C@H]1O[C@H](n2cnc3c(Cl)nc(N)nc32)[C@](C)(Cl)[C@@H]1C.C[C@]1(Cl)C(=O)O[C@H](CO)[C@H]1O. The van der Waals surface area contributed by atoms with Crippen molar-refractivity contribution in [2.75, 3.05) is 71.8 Å². The predicted octanol–water partition coefficient (Wildman–Crippen LogP) is 12.1. The third kappa shape index (κ3) is 34.9. The zero-order valence-electron chi connectivity index (χ0n) is 87.5. The van der Waals surface area contributed by atoms with E-state index in [-0.39, 0.29) is 127 Å². The molecule has 0 spiro atoms. The minimum Gasteiger partial charge on any atom is -0.465 e. The lowest BCUT2D eigenvalue weighted by atomic mass is 9.90. The van der Waals surface area contributed by atoms with Gasteiger partial charge in [-0.05, 0) is 191 Å². The number of rotatable bonds is 21. The van der Waals surface area contributed by atoms with E-state index in [0.29, 0.717) is 48.6 Å². The van der Waals surface area contributed by atoms with Crippen LogP contribution in [0.3, 0.4) is 0 Å². The number of ether oxygens (including phenoxy) is 19. The summed E-state index contributed by atoms with van der Waals surface area (Å²) in [7, 11) is -4.28. The summed E-state index contributed by atoms with van der Waals surface area (Å²) < 4.78 is 134. The Labute approximate surface area is 882 Å². The summed E-state index contributed by atoms with van der Waals surface area (Å²) >= 11 is 46.2. The number of carbonyl (C=O) groups excluding carboxylic acids is 7. The lowest BCUT2D eigenvalue weighted by molar-refractivity contribution is -0.195. The Balaban J connectivity index is 0.000000335. The molecule has 11 aliphatic heterocycles. The van der Waals surface area contributed by atoms with Gasteiger partial charge >= 0.3 is 46.2 Å². The summed E-state index contributed by atoms with van der Waals surface area (Å²) in [6.07, 6.45) is -1.34. The number of hydrogen-bond acceptors (Lipinski definition) is 40. The molecule has 8 N–H and O–H groups in total. The number of hydrogen-bond donors (Lipinski definition) is 7. The molecule has 11 saturated heterocycles. The number of esters is 6. The van der Waals surface area contributed by atoms with E-state index in [1.54, 1.807) is 114 Å². The molecular weight excluding hydrogens is 2120 g/mol. The summed E-state index contributed by atoms with van der Waals surface area (Å²) in [5.41, 5.74) is 3.47. The van der Waals surface area contributed by atoms with Gasteiger partial charge in [0, 0.05) is 29.2 Å². The quantitative estimate of drug-likeness (QED) is 0.0152. The number of imidazole rings is 1. The molecule has 828 valence electrons. The van der Waals surface area contributed by atoms with Gasteiger partial charge in [0.2, 0.25) is 11.5 Å². The largest absolute Gasteiger partial charge is 0.465 e. The van der Waals surface area contributed by atoms with Crippen LogP contribution in [0.5, 0.6) is 0 Å². The highest BCUT2D eigenvalue weighted by Crippen LogP contribution is 2.50. The standard InChI is InChI=1S/C13H17Cl2N5O.C11H19ClO5.C11H18O8S.C11H20O6.C11H18O4.C8H14BrClO.C8H15ClO2.C8H13ClO2.C6H9ClO4.C6H10O3/c1-4-7-6(2)13(3,15)11(21-7)20-5-17-8-9(14)18-12(16)19-10(8)20;1-5-15-9(14)11(4,12)8(13)7-6-16-10(2,3)17-7;1-5-15-9(12)11(4)8(18-20(13,14)19-11)7-6-16-10(2,3)17-7;1-5-15-9(13)11(4,14)8(12)7-6-16-10(2,3)17-7;1-5-13-10(12)8(2)6-9-7-14-11(3,4)15-9;1-4-6-5(2)8(3,10)7(9)11-6;2*1-4-6-5(2)8(3,9)7(10)11-6;1-6(7)4(9)3(2-8)11-5(6)10;1-6(2)8-4-5(3-7)9-6/h5-7,11H,4H2,1-3H3,(H2,16,18,19);7-8,13H,5-6H2,1-4H3;7-8H,5-6H2,1-4H3;7-8,12,14H,5-6H2,1-4H3;6,9H,5,7H2,1-4H3;5-7H,4H2,1-3H3;5-7,10H,4H2,1-3H3;5-6H,4H2,1-3H3;3-4,8-9H,2H2,1H3;3,5H,4H2,1-2H3/b;;;;8-6+;;;;;/t6-,7-,11+,13-;3*7-,8-,11+;9-;5-,6-,7+,8-;5-,6-,7?,8-;5-,6-,8-;3-,4-,6-;5-/m1111011110/s1. The van der Waals surface area contributed by atoms with Gasteiger partial charge in [0.15, 0.2) is 80.0 Å². The number of anilines is 1. The zero-order valence-corrected chi connectivity index (χ0v) is 95.2. The number of carbonyl (C=O) groups is 7. The minimum absolute atomic E-state index is 0.00313. The van der Waals surface area contributed by atoms with Crippen LogP contribution in [-0.4, -0.2) is 333 Å². The number of halogens is 8. The van der Waals surface area contributed by atoms with E-state index in [0.717, 1.165) is 32.0 Å². The highest BCUT2D eigenvalue weighted by Gasteiger charge is 2.63. The molecular formula is C93H153BrCl7N5O36S. The van der Waals surface area contributed by atoms with Crippen molar-refractivity contribution in [1.82, 2.24) is 19.5 Å². The normalized spacial score (nSPS) is 36.5. The first-order chi connectivity index (χ1) is 65.4. The number of aliphatic hydroxyl groups excluding tert-OH is 5. The van der Waals surface area contributed by atoms with Crippen molar-refractivity contribution in [3.8, 4) is 0 Å². The van der Waals surface area contributed by atoms with Crippen molar-refractivity contribution in [3.63, 3.8) is 0 Å². The fourth-order valence-corrected chi connectivity index (χ4v) is 19.0. The number of aromatic nitrogens is 4. The number of alkyl halides is 7. The monoisotopic (exact) mass is 2270 g/mol. The molecule has 29 atom stereocenters. The summed E-state index contributed by atoms with van der Waals surface area (Å²) in [4.78, 5) is 85.7.